The van der Waals surface area contributed by atoms with E-state index in [1.165, 1.54) is 22.3 Å². The van der Waals surface area contributed by atoms with Crippen molar-refractivity contribution in [3.05, 3.63) is 34.4 Å². The first-order valence-corrected chi connectivity index (χ1v) is 11.5. The zero-order chi connectivity index (χ0) is 20.4. The zero-order valence-corrected chi connectivity index (χ0v) is 18.4. The summed E-state index contributed by atoms with van der Waals surface area (Å²) in [5, 5.41) is 2.98. The maximum Gasteiger partial charge on any atom is 0.234 e. The number of hydrogen-bond acceptors (Lipinski definition) is 4. The second-order valence-electron chi connectivity index (χ2n) is 8.91. The number of nitrogens with zero attached hydrogens (tertiary/aromatic N) is 1. The van der Waals surface area contributed by atoms with Crippen molar-refractivity contribution in [1.82, 2.24) is 10.2 Å². The molecule has 1 aliphatic heterocycles. The molecule has 0 radical (unpaired) electrons. The van der Waals surface area contributed by atoms with E-state index in [2.05, 4.69) is 52.1 Å². The van der Waals surface area contributed by atoms with Crippen molar-refractivity contribution in [2.24, 2.45) is 0 Å². The maximum atomic E-state index is 12.2. The Morgan fingerprint density at radius 3 is 2.30 bits per heavy atom. The molecule has 2 rings (SSSR count). The molecular weight excluding hydrogens is 360 g/mol. The Labute approximate surface area is 164 Å². The van der Waals surface area contributed by atoms with Crippen molar-refractivity contribution in [1.29, 1.82) is 0 Å². The molecule has 6 heteroatoms. The zero-order valence-electron chi connectivity index (χ0n) is 17.6. The second-order valence-corrected chi connectivity index (χ2v) is 11.1. The van der Waals surface area contributed by atoms with E-state index < -0.39 is 9.84 Å². The van der Waals surface area contributed by atoms with Gasteiger partial charge in [0.25, 0.3) is 0 Å². The second kappa shape index (κ2) is 8.31. The van der Waals surface area contributed by atoms with Gasteiger partial charge in [-0.3, -0.25) is 9.69 Å². The van der Waals surface area contributed by atoms with Gasteiger partial charge in [0.15, 0.2) is 9.84 Å². The Balaban J connectivity index is 1.86. The lowest BCUT2D eigenvalue weighted by Crippen LogP contribution is -2.41. The van der Waals surface area contributed by atoms with Crippen molar-refractivity contribution in [2.45, 2.75) is 58.9 Å². The van der Waals surface area contributed by atoms with Crippen LogP contribution < -0.4 is 5.32 Å². The Morgan fingerprint density at radius 1 is 1.22 bits per heavy atom. The van der Waals surface area contributed by atoms with Crippen molar-refractivity contribution in [3.63, 3.8) is 0 Å². The SMILES string of the molecule is Cc1cc(C(C)(C)C)cc(C)c1CCNC(=O)CN(C)[C@@H]1CCS(=O)(=O)C1. The van der Waals surface area contributed by atoms with Gasteiger partial charge in [0.05, 0.1) is 18.1 Å². The highest BCUT2D eigenvalue weighted by molar-refractivity contribution is 7.91. The molecule has 5 nitrogen and oxygen atoms in total. The van der Waals surface area contributed by atoms with E-state index in [0.29, 0.717) is 13.0 Å². The molecule has 0 aromatic heterocycles. The van der Waals surface area contributed by atoms with Crippen LogP contribution in [0.4, 0.5) is 0 Å². The molecule has 1 heterocycles. The fourth-order valence-electron chi connectivity index (χ4n) is 3.68. The highest BCUT2D eigenvalue weighted by atomic mass is 32.2. The molecule has 1 N–H and O–H groups in total. The lowest BCUT2D eigenvalue weighted by Gasteiger charge is -2.23. The van der Waals surface area contributed by atoms with E-state index in [-0.39, 0.29) is 35.4 Å². The number of carbonyl (C=O) groups excluding carboxylic acids is 1. The third-order valence-corrected chi connectivity index (χ3v) is 7.23. The molecule has 1 amide bonds. The van der Waals surface area contributed by atoms with Gasteiger partial charge in [0, 0.05) is 12.6 Å². The van der Waals surface area contributed by atoms with Gasteiger partial charge >= 0.3 is 0 Å². The minimum atomic E-state index is -2.93. The molecule has 1 atom stereocenters. The first-order valence-electron chi connectivity index (χ1n) is 9.67. The lowest BCUT2D eigenvalue weighted by molar-refractivity contribution is -0.122. The standard InChI is InChI=1S/C21H34N2O3S/c1-15-11-17(21(3,4)5)12-16(2)19(15)7-9-22-20(24)13-23(6)18-8-10-27(25,26)14-18/h11-12,18H,7-10,13-14H2,1-6H3,(H,22,24)/t18-/m1/s1. The monoisotopic (exact) mass is 394 g/mol. The number of likely N-dealkylation sites (N-methyl/N-ethyl adjacent to an activating group) is 1. The number of benzene rings is 1. The van der Waals surface area contributed by atoms with Crippen molar-refractivity contribution >= 4 is 15.7 Å². The summed E-state index contributed by atoms with van der Waals surface area (Å²) in [4.78, 5) is 14.1. The average molecular weight is 395 g/mol. The van der Waals surface area contributed by atoms with Gasteiger partial charge in [0.1, 0.15) is 0 Å². The van der Waals surface area contributed by atoms with Crippen LogP contribution in [-0.4, -0.2) is 56.9 Å². The lowest BCUT2D eigenvalue weighted by atomic mass is 9.83. The molecular formula is C21H34N2O3S. The summed E-state index contributed by atoms with van der Waals surface area (Å²) in [7, 11) is -1.10. The largest absolute Gasteiger partial charge is 0.355 e. The highest BCUT2D eigenvalue weighted by Gasteiger charge is 2.31. The van der Waals surface area contributed by atoms with Crippen LogP contribution in [-0.2, 0) is 26.5 Å². The Bertz CT molecular complexity index is 771. The van der Waals surface area contributed by atoms with Crippen LogP contribution in [0.1, 0.15) is 49.4 Å². The number of rotatable bonds is 6. The molecule has 0 spiro atoms. The molecule has 1 fully saturated rings. The number of aryl methyl sites for hydroxylation is 2. The Morgan fingerprint density at radius 2 is 1.81 bits per heavy atom. The molecule has 0 unspecified atom stereocenters. The van der Waals surface area contributed by atoms with E-state index in [4.69, 9.17) is 0 Å². The summed E-state index contributed by atoms with van der Waals surface area (Å²) in [6.45, 7) is 11.7. The van der Waals surface area contributed by atoms with E-state index >= 15 is 0 Å². The van der Waals surface area contributed by atoms with E-state index in [0.717, 1.165) is 6.42 Å². The van der Waals surface area contributed by atoms with Crippen LogP contribution in [0.5, 0.6) is 0 Å². The van der Waals surface area contributed by atoms with Crippen LogP contribution in [0.2, 0.25) is 0 Å². The van der Waals surface area contributed by atoms with Crippen LogP contribution >= 0.6 is 0 Å². The number of nitrogens with one attached hydrogen (secondary N) is 1. The fourth-order valence-corrected chi connectivity index (χ4v) is 5.49. The smallest absolute Gasteiger partial charge is 0.234 e. The van der Waals surface area contributed by atoms with Crippen LogP contribution in [0.15, 0.2) is 12.1 Å². The van der Waals surface area contributed by atoms with Gasteiger partial charge in [-0.2, -0.15) is 0 Å². The Kier molecular flexibility index (Phi) is 6.74. The van der Waals surface area contributed by atoms with Gasteiger partial charge in [-0.1, -0.05) is 32.9 Å². The minimum Gasteiger partial charge on any atom is -0.355 e. The fraction of sp³-hybridized carbons (Fsp3) is 0.667. The summed E-state index contributed by atoms with van der Waals surface area (Å²) in [5.41, 5.74) is 5.28. The van der Waals surface area contributed by atoms with E-state index in [1.807, 2.05) is 11.9 Å². The molecule has 1 saturated heterocycles. The number of carbonyl (C=O) groups is 1. The van der Waals surface area contributed by atoms with Gasteiger partial charge < -0.3 is 5.32 Å². The maximum absolute atomic E-state index is 12.2. The molecule has 0 aliphatic carbocycles. The summed E-state index contributed by atoms with van der Waals surface area (Å²) < 4.78 is 23.2. The molecule has 27 heavy (non-hydrogen) atoms. The van der Waals surface area contributed by atoms with Gasteiger partial charge in [-0.15, -0.1) is 0 Å². The number of sulfone groups is 1. The van der Waals surface area contributed by atoms with Crippen molar-refractivity contribution in [3.8, 4) is 0 Å². The first kappa shape index (κ1) is 21.9. The summed E-state index contributed by atoms with van der Waals surface area (Å²) in [6, 6.07) is 4.45. The van der Waals surface area contributed by atoms with Gasteiger partial charge in [0.2, 0.25) is 5.91 Å². The van der Waals surface area contributed by atoms with Gasteiger partial charge in [-0.05, 0) is 61.4 Å². The first-order chi connectivity index (χ1) is 12.4. The molecule has 1 aliphatic rings. The topological polar surface area (TPSA) is 66.5 Å². The summed E-state index contributed by atoms with van der Waals surface area (Å²) in [5.74, 6) is 0.339. The Hall–Kier alpha value is -1.40. The van der Waals surface area contributed by atoms with Crippen LogP contribution in [0.3, 0.4) is 0 Å². The quantitative estimate of drug-likeness (QED) is 0.804. The van der Waals surface area contributed by atoms with Crippen molar-refractivity contribution < 1.29 is 13.2 Å². The predicted octanol–water partition coefficient (Wildman–Crippen LogP) is 2.38. The molecule has 0 saturated carbocycles. The molecule has 0 bridgehead atoms. The van der Waals surface area contributed by atoms with Crippen LogP contribution in [0.25, 0.3) is 0 Å². The molecule has 1 aromatic rings. The third-order valence-electron chi connectivity index (χ3n) is 5.48. The normalized spacial score (nSPS) is 19.4. The van der Waals surface area contributed by atoms with E-state index in [1.54, 1.807) is 0 Å². The highest BCUT2D eigenvalue weighted by Crippen LogP contribution is 2.27. The molecule has 1 aromatic carbocycles. The van der Waals surface area contributed by atoms with Crippen LogP contribution in [0, 0.1) is 13.8 Å². The van der Waals surface area contributed by atoms with Crippen molar-refractivity contribution in [2.75, 3.05) is 31.6 Å². The number of hydrogen-bond donors (Lipinski definition) is 1. The average Bonchev–Trinajstić information content (AvgIpc) is 2.89. The minimum absolute atomic E-state index is 0.0461. The predicted molar refractivity (Wildman–Crippen MR) is 111 cm³/mol. The van der Waals surface area contributed by atoms with Gasteiger partial charge in [-0.25, -0.2) is 8.42 Å². The van der Waals surface area contributed by atoms with E-state index in [9.17, 15) is 13.2 Å². The summed E-state index contributed by atoms with van der Waals surface area (Å²) >= 11 is 0. The third kappa shape index (κ3) is 6.04. The number of amides is 1. The molecule has 152 valence electrons. The summed E-state index contributed by atoms with van der Waals surface area (Å²) in [6.07, 6.45) is 1.42.